The lowest BCUT2D eigenvalue weighted by Crippen LogP contribution is -2.20. The Hall–Kier alpha value is -2.67. The number of benzene rings is 1. The number of hydrogen-bond donors (Lipinski definition) is 1. The summed E-state index contributed by atoms with van der Waals surface area (Å²) in [5.41, 5.74) is 0.936. The van der Waals surface area contributed by atoms with Crippen molar-refractivity contribution in [1.29, 1.82) is 0 Å². The van der Waals surface area contributed by atoms with Crippen LogP contribution < -0.4 is 10.1 Å². The molecule has 1 aromatic heterocycles. The van der Waals surface area contributed by atoms with Crippen LogP contribution in [0.15, 0.2) is 36.5 Å². The second-order valence-corrected chi connectivity index (χ2v) is 4.76. The molecule has 8 heteroatoms. The summed E-state index contributed by atoms with van der Waals surface area (Å²) in [6.45, 7) is 1.39. The van der Waals surface area contributed by atoms with Gasteiger partial charge in [0.2, 0.25) is 0 Å². The number of nitrogens with one attached hydrogen (secondary N) is 1. The number of carbonyl (C=O) groups is 1. The fourth-order valence-corrected chi connectivity index (χ4v) is 1.86. The maximum absolute atomic E-state index is 11.8. The van der Waals surface area contributed by atoms with Gasteiger partial charge in [0.25, 0.3) is 5.91 Å². The summed E-state index contributed by atoms with van der Waals surface area (Å²) in [6.07, 6.45) is 1.49. The topological polar surface area (TPSA) is 94.4 Å². The number of nitro benzene ring substituents is 1. The van der Waals surface area contributed by atoms with Crippen LogP contribution in [0.4, 0.5) is 11.4 Å². The van der Waals surface area contributed by atoms with Crippen molar-refractivity contribution >= 4 is 28.9 Å². The van der Waals surface area contributed by atoms with Crippen LogP contribution in [0, 0.1) is 17.0 Å². The van der Waals surface area contributed by atoms with Gasteiger partial charge < -0.3 is 10.1 Å². The molecule has 7 nitrogen and oxygen atoms in total. The van der Waals surface area contributed by atoms with E-state index in [-0.39, 0.29) is 23.2 Å². The van der Waals surface area contributed by atoms with Crippen LogP contribution >= 0.6 is 11.6 Å². The van der Waals surface area contributed by atoms with E-state index in [0.29, 0.717) is 5.69 Å². The third kappa shape index (κ3) is 3.92. The Morgan fingerprint density at radius 2 is 2.23 bits per heavy atom. The van der Waals surface area contributed by atoms with Crippen molar-refractivity contribution in [3.8, 4) is 5.75 Å². The molecule has 0 radical (unpaired) electrons. The smallest absolute Gasteiger partial charge is 0.310 e. The van der Waals surface area contributed by atoms with E-state index in [1.165, 1.54) is 18.3 Å². The molecule has 0 aliphatic heterocycles. The quantitative estimate of drug-likeness (QED) is 0.519. The largest absolute Gasteiger partial charge is 0.477 e. The molecule has 0 aliphatic carbocycles. The van der Waals surface area contributed by atoms with E-state index in [9.17, 15) is 14.9 Å². The van der Waals surface area contributed by atoms with Crippen LogP contribution in [0.3, 0.4) is 0 Å². The van der Waals surface area contributed by atoms with Gasteiger partial charge in [0.15, 0.2) is 17.5 Å². The molecule has 22 heavy (non-hydrogen) atoms. The highest BCUT2D eigenvalue weighted by Crippen LogP contribution is 2.27. The maximum Gasteiger partial charge on any atom is 0.310 e. The summed E-state index contributed by atoms with van der Waals surface area (Å²) in [5, 5.41) is 13.6. The number of pyridine rings is 1. The first-order valence-corrected chi connectivity index (χ1v) is 6.63. The van der Waals surface area contributed by atoms with E-state index in [0.717, 1.165) is 5.56 Å². The summed E-state index contributed by atoms with van der Waals surface area (Å²) in [5.74, 6) is -0.455. The molecule has 1 N–H and O–H groups in total. The zero-order chi connectivity index (χ0) is 16.1. The van der Waals surface area contributed by atoms with Gasteiger partial charge in [-0.25, -0.2) is 4.98 Å². The Kier molecular flexibility index (Phi) is 4.90. The van der Waals surface area contributed by atoms with Crippen molar-refractivity contribution in [2.24, 2.45) is 0 Å². The van der Waals surface area contributed by atoms with Gasteiger partial charge in [-0.2, -0.15) is 0 Å². The number of aromatic nitrogens is 1. The maximum atomic E-state index is 11.8. The van der Waals surface area contributed by atoms with Gasteiger partial charge in [-0.3, -0.25) is 14.9 Å². The van der Waals surface area contributed by atoms with E-state index in [1.807, 2.05) is 0 Å². The molecule has 0 saturated carbocycles. The standard InChI is InChI=1S/C14H12ClN3O4/c1-9-4-5-11(18(20)21)12(7-9)22-8-13(19)17-10-3-2-6-16-14(10)15/h2-7H,8H2,1H3,(H,17,19). The highest BCUT2D eigenvalue weighted by Gasteiger charge is 2.16. The zero-order valence-corrected chi connectivity index (χ0v) is 12.3. The molecule has 1 heterocycles. The molecule has 114 valence electrons. The molecule has 1 amide bonds. The molecule has 0 aliphatic rings. The van der Waals surface area contributed by atoms with Crippen LogP contribution in [0.2, 0.25) is 5.15 Å². The molecule has 2 rings (SSSR count). The van der Waals surface area contributed by atoms with Crippen LogP contribution in [0.5, 0.6) is 5.75 Å². The van der Waals surface area contributed by atoms with Crippen LogP contribution in [0.1, 0.15) is 5.56 Å². The van der Waals surface area contributed by atoms with Crippen molar-refractivity contribution in [3.05, 3.63) is 57.4 Å². The second-order valence-electron chi connectivity index (χ2n) is 4.41. The molecule has 2 aromatic rings. The molecule has 0 spiro atoms. The Balaban J connectivity index is 2.04. The van der Waals surface area contributed by atoms with Crippen LogP contribution in [-0.2, 0) is 4.79 Å². The number of hydrogen-bond acceptors (Lipinski definition) is 5. The molecular weight excluding hydrogens is 310 g/mol. The number of amides is 1. The van der Waals surface area contributed by atoms with Crippen LogP contribution in [-0.4, -0.2) is 22.4 Å². The van der Waals surface area contributed by atoms with Crippen LogP contribution in [0.25, 0.3) is 0 Å². The molecule has 0 saturated heterocycles. The highest BCUT2D eigenvalue weighted by atomic mass is 35.5. The van der Waals surface area contributed by atoms with Gasteiger partial charge in [-0.1, -0.05) is 17.7 Å². The van der Waals surface area contributed by atoms with Crippen molar-refractivity contribution in [3.63, 3.8) is 0 Å². The number of nitrogens with zero attached hydrogens (tertiary/aromatic N) is 2. The first-order chi connectivity index (χ1) is 10.5. The molecule has 0 unspecified atom stereocenters. The highest BCUT2D eigenvalue weighted by molar-refractivity contribution is 6.32. The minimum Gasteiger partial charge on any atom is -0.477 e. The van der Waals surface area contributed by atoms with E-state index in [4.69, 9.17) is 16.3 Å². The average Bonchev–Trinajstić information content (AvgIpc) is 2.47. The Labute approximate surface area is 131 Å². The van der Waals surface area contributed by atoms with E-state index < -0.39 is 10.8 Å². The number of anilines is 1. The fourth-order valence-electron chi connectivity index (χ4n) is 1.70. The average molecular weight is 322 g/mol. The minimum atomic E-state index is -0.565. The number of ether oxygens (including phenoxy) is 1. The van der Waals surface area contributed by atoms with Crippen molar-refractivity contribution < 1.29 is 14.5 Å². The van der Waals surface area contributed by atoms with E-state index >= 15 is 0 Å². The normalized spacial score (nSPS) is 10.1. The van der Waals surface area contributed by atoms with Gasteiger partial charge in [0.05, 0.1) is 10.6 Å². The van der Waals surface area contributed by atoms with Crippen molar-refractivity contribution in [1.82, 2.24) is 4.98 Å². The molecule has 1 aromatic carbocycles. The first-order valence-electron chi connectivity index (χ1n) is 6.25. The van der Waals surface area contributed by atoms with Gasteiger partial charge in [0, 0.05) is 12.3 Å². The predicted octanol–water partition coefficient (Wildman–Crippen LogP) is 2.97. The lowest BCUT2D eigenvalue weighted by Gasteiger charge is -2.09. The summed E-state index contributed by atoms with van der Waals surface area (Å²) < 4.78 is 5.24. The Morgan fingerprint density at radius 3 is 2.91 bits per heavy atom. The number of halogens is 1. The van der Waals surface area contributed by atoms with E-state index in [2.05, 4.69) is 10.3 Å². The number of rotatable bonds is 5. The molecule has 0 bridgehead atoms. The summed E-state index contributed by atoms with van der Waals surface area (Å²) >= 11 is 5.82. The van der Waals surface area contributed by atoms with E-state index in [1.54, 1.807) is 25.1 Å². The molecule has 0 fully saturated rings. The van der Waals surface area contributed by atoms with Crippen molar-refractivity contribution in [2.75, 3.05) is 11.9 Å². The summed E-state index contributed by atoms with van der Waals surface area (Å²) in [7, 11) is 0. The summed E-state index contributed by atoms with van der Waals surface area (Å²) in [6, 6.07) is 7.64. The van der Waals surface area contributed by atoms with Gasteiger partial charge in [0.1, 0.15) is 0 Å². The predicted molar refractivity (Wildman–Crippen MR) is 81.2 cm³/mol. The number of carbonyl (C=O) groups excluding carboxylic acids is 1. The lowest BCUT2D eigenvalue weighted by atomic mass is 10.2. The zero-order valence-electron chi connectivity index (χ0n) is 11.6. The minimum absolute atomic E-state index is 0.0393. The molecule has 0 atom stereocenters. The van der Waals surface area contributed by atoms with Gasteiger partial charge in [-0.15, -0.1) is 0 Å². The number of aryl methyl sites for hydroxylation is 1. The SMILES string of the molecule is Cc1ccc([N+](=O)[O-])c(OCC(=O)Nc2cccnc2Cl)c1. The van der Waals surface area contributed by atoms with Crippen molar-refractivity contribution in [2.45, 2.75) is 6.92 Å². The Bertz CT molecular complexity index is 721. The first kappa shape index (κ1) is 15.7. The third-order valence-corrected chi connectivity index (χ3v) is 3.01. The summed E-state index contributed by atoms with van der Waals surface area (Å²) in [4.78, 5) is 26.0. The monoisotopic (exact) mass is 321 g/mol. The second kappa shape index (κ2) is 6.86. The molecular formula is C14H12ClN3O4. The fraction of sp³-hybridized carbons (Fsp3) is 0.143. The number of nitro groups is 1. The van der Waals surface area contributed by atoms with Gasteiger partial charge in [-0.05, 0) is 30.7 Å². The third-order valence-electron chi connectivity index (χ3n) is 2.70. The Morgan fingerprint density at radius 1 is 1.45 bits per heavy atom. The lowest BCUT2D eigenvalue weighted by molar-refractivity contribution is -0.385. The van der Waals surface area contributed by atoms with Gasteiger partial charge >= 0.3 is 5.69 Å².